The van der Waals surface area contributed by atoms with E-state index in [4.69, 9.17) is 18.6 Å². The van der Waals surface area contributed by atoms with E-state index in [0.717, 1.165) is 0 Å². The largest absolute Gasteiger partial charge is 0.448 e. The van der Waals surface area contributed by atoms with Crippen LogP contribution in [0.1, 0.15) is 27.0 Å². The molecule has 1 aliphatic rings. The fraction of sp³-hybridized carbons (Fsp3) is 0.522. The second kappa shape index (κ2) is 11.6. The van der Waals surface area contributed by atoms with Gasteiger partial charge in [0.15, 0.2) is 31.4 Å². The number of ether oxygens (including phenoxy) is 3. The third kappa shape index (κ3) is 7.46. The highest BCUT2D eigenvalue weighted by atomic mass is 32.2. The molecule has 3 rings (SSSR count). The minimum absolute atomic E-state index is 0.0376. The summed E-state index contributed by atoms with van der Waals surface area (Å²) in [5.74, 6) is -0.414. The quantitative estimate of drug-likeness (QED) is 0.477. The average Bonchev–Trinajstić information content (AvgIpc) is 3.26. The Kier molecular flexibility index (Phi) is 9.06. The van der Waals surface area contributed by atoms with Crippen molar-refractivity contribution >= 4 is 30.8 Å². The highest BCUT2D eigenvalue weighted by Gasteiger charge is 2.41. The van der Waals surface area contributed by atoms with Gasteiger partial charge in [0.1, 0.15) is 18.5 Å². The SMILES string of the molecule is C[SiH](C)OC(C1OCC(n2ccc(NC(=O)OCCS(=O)(=O)c3ccccc3)nc2=O)O1)C(C)(C)C. The summed E-state index contributed by atoms with van der Waals surface area (Å²) in [4.78, 5) is 28.6. The van der Waals surface area contributed by atoms with Crippen molar-refractivity contribution in [3.8, 4) is 0 Å². The van der Waals surface area contributed by atoms with Crippen LogP contribution in [-0.2, 0) is 28.5 Å². The van der Waals surface area contributed by atoms with Gasteiger partial charge in [-0.25, -0.2) is 18.0 Å². The summed E-state index contributed by atoms with van der Waals surface area (Å²) >= 11 is 0. The number of hydrogen-bond donors (Lipinski definition) is 1. The monoisotopic (exact) mass is 539 g/mol. The molecule has 1 fully saturated rings. The molecule has 1 aromatic heterocycles. The van der Waals surface area contributed by atoms with Crippen molar-refractivity contribution in [2.45, 2.75) is 57.4 Å². The highest BCUT2D eigenvalue weighted by molar-refractivity contribution is 7.91. The minimum atomic E-state index is -3.58. The van der Waals surface area contributed by atoms with Gasteiger partial charge in [-0.05, 0) is 36.7 Å². The van der Waals surface area contributed by atoms with Gasteiger partial charge >= 0.3 is 11.8 Å². The van der Waals surface area contributed by atoms with Crippen molar-refractivity contribution in [3.63, 3.8) is 0 Å². The number of rotatable bonds is 9. The van der Waals surface area contributed by atoms with E-state index in [1.165, 1.54) is 29.0 Å². The Morgan fingerprint density at radius 2 is 1.94 bits per heavy atom. The lowest BCUT2D eigenvalue weighted by Crippen LogP contribution is -2.43. The van der Waals surface area contributed by atoms with E-state index in [2.05, 4.69) is 23.4 Å². The lowest BCUT2D eigenvalue weighted by molar-refractivity contribution is -0.160. The van der Waals surface area contributed by atoms with Gasteiger partial charge in [-0.3, -0.25) is 9.88 Å². The van der Waals surface area contributed by atoms with Gasteiger partial charge in [-0.15, -0.1) is 0 Å². The number of aromatic nitrogens is 2. The summed E-state index contributed by atoms with van der Waals surface area (Å²) in [6.45, 7) is 10.0. The summed E-state index contributed by atoms with van der Waals surface area (Å²) < 4.78 is 48.7. The third-order valence-corrected chi connectivity index (χ3v) is 7.80. The van der Waals surface area contributed by atoms with Crippen LogP contribution in [0.2, 0.25) is 13.1 Å². The summed E-state index contributed by atoms with van der Waals surface area (Å²) in [6.07, 6.45) is -1.10. The molecule has 198 valence electrons. The maximum atomic E-state index is 12.6. The number of nitrogens with one attached hydrogen (secondary N) is 1. The van der Waals surface area contributed by atoms with Crippen LogP contribution in [0.5, 0.6) is 0 Å². The number of benzene rings is 1. The zero-order valence-corrected chi connectivity index (χ0v) is 23.0. The minimum Gasteiger partial charge on any atom is -0.448 e. The second-order valence-corrected chi connectivity index (χ2v) is 14.1. The standard InChI is InChI=1S/C23H33N3O8SSi/c1-23(2,3)19(34-36(4)5)20-32-15-18(33-20)26-12-11-17(24-21(26)27)25-22(28)31-13-14-35(29,30)16-9-7-6-8-10-16/h6-12,18-20,36H,13-15H2,1-5H3,(H,24,25,27,28). The summed E-state index contributed by atoms with van der Waals surface area (Å²) in [5, 5.41) is 2.33. The van der Waals surface area contributed by atoms with Crippen molar-refractivity contribution in [2.75, 3.05) is 24.3 Å². The van der Waals surface area contributed by atoms with Crippen molar-refractivity contribution < 1.29 is 31.8 Å². The first-order valence-corrected chi connectivity index (χ1v) is 16.0. The maximum absolute atomic E-state index is 12.6. The number of amides is 1. The molecule has 3 atom stereocenters. The molecule has 1 amide bonds. The fourth-order valence-electron chi connectivity index (χ4n) is 3.52. The van der Waals surface area contributed by atoms with E-state index in [-0.39, 0.29) is 41.2 Å². The third-order valence-electron chi connectivity index (χ3n) is 5.27. The van der Waals surface area contributed by atoms with Crippen LogP contribution in [-0.4, -0.2) is 64.5 Å². The van der Waals surface area contributed by atoms with Gasteiger partial charge in [0.05, 0.1) is 17.3 Å². The van der Waals surface area contributed by atoms with Crippen LogP contribution in [0.3, 0.4) is 0 Å². The molecule has 2 heterocycles. The van der Waals surface area contributed by atoms with Crippen LogP contribution in [0.15, 0.2) is 52.3 Å². The molecule has 3 unspecified atom stereocenters. The molecular formula is C23H33N3O8SSi. The Bertz CT molecular complexity index is 1200. The van der Waals surface area contributed by atoms with Crippen LogP contribution in [0.25, 0.3) is 0 Å². The zero-order valence-electron chi connectivity index (χ0n) is 21.0. The Hall–Kier alpha value is -2.58. The number of anilines is 1. The topological polar surface area (TPSA) is 135 Å². The lowest BCUT2D eigenvalue weighted by atomic mass is 9.89. The van der Waals surface area contributed by atoms with E-state index in [1.54, 1.807) is 18.2 Å². The van der Waals surface area contributed by atoms with Crippen molar-refractivity contribution in [3.05, 3.63) is 53.1 Å². The van der Waals surface area contributed by atoms with Crippen LogP contribution in [0.4, 0.5) is 10.6 Å². The first kappa shape index (κ1) is 28.0. The molecule has 1 saturated heterocycles. The molecule has 0 radical (unpaired) electrons. The summed E-state index contributed by atoms with van der Waals surface area (Å²) in [6, 6.07) is 9.29. The van der Waals surface area contributed by atoms with Gasteiger partial charge in [-0.1, -0.05) is 39.0 Å². The molecule has 1 N–H and O–H groups in total. The van der Waals surface area contributed by atoms with Crippen LogP contribution >= 0.6 is 0 Å². The first-order chi connectivity index (χ1) is 16.9. The van der Waals surface area contributed by atoms with Crippen molar-refractivity contribution in [1.29, 1.82) is 0 Å². The van der Waals surface area contributed by atoms with E-state index < -0.39 is 43.2 Å². The summed E-state index contributed by atoms with van der Waals surface area (Å²) in [7, 11) is -4.95. The average molecular weight is 540 g/mol. The highest BCUT2D eigenvalue weighted by Crippen LogP contribution is 2.33. The van der Waals surface area contributed by atoms with Gasteiger partial charge in [0, 0.05) is 6.20 Å². The predicted octanol–water partition coefficient (Wildman–Crippen LogP) is 2.55. The van der Waals surface area contributed by atoms with E-state index in [0.29, 0.717) is 0 Å². The van der Waals surface area contributed by atoms with Crippen molar-refractivity contribution in [2.24, 2.45) is 5.41 Å². The Morgan fingerprint density at radius 3 is 2.56 bits per heavy atom. The number of carbonyl (C=O) groups excluding carboxylic acids is 1. The molecule has 0 aliphatic carbocycles. The van der Waals surface area contributed by atoms with Gasteiger partial charge < -0.3 is 18.6 Å². The van der Waals surface area contributed by atoms with E-state index >= 15 is 0 Å². The second-order valence-electron chi connectivity index (χ2n) is 9.66. The molecular weight excluding hydrogens is 506 g/mol. The van der Waals surface area contributed by atoms with E-state index in [9.17, 15) is 18.0 Å². The fourth-order valence-corrected chi connectivity index (χ4v) is 5.75. The van der Waals surface area contributed by atoms with Crippen LogP contribution < -0.4 is 11.0 Å². The van der Waals surface area contributed by atoms with Gasteiger partial charge in [0.2, 0.25) is 0 Å². The molecule has 36 heavy (non-hydrogen) atoms. The first-order valence-electron chi connectivity index (χ1n) is 11.6. The number of hydrogen-bond acceptors (Lipinski definition) is 9. The number of carbonyl (C=O) groups is 1. The lowest BCUT2D eigenvalue weighted by Gasteiger charge is -2.35. The smallest absolute Gasteiger partial charge is 0.412 e. The molecule has 2 aromatic rings. The number of sulfone groups is 1. The van der Waals surface area contributed by atoms with Gasteiger partial charge in [0.25, 0.3) is 0 Å². The molecule has 11 nitrogen and oxygen atoms in total. The van der Waals surface area contributed by atoms with Crippen molar-refractivity contribution in [1.82, 2.24) is 9.55 Å². The molecule has 13 heteroatoms. The Morgan fingerprint density at radius 1 is 1.25 bits per heavy atom. The molecule has 0 saturated carbocycles. The Labute approximate surface area is 212 Å². The normalized spacial score (nSPS) is 19.3. The summed E-state index contributed by atoms with van der Waals surface area (Å²) in [5.41, 5.74) is -0.880. The Balaban J connectivity index is 1.56. The molecule has 0 spiro atoms. The maximum Gasteiger partial charge on any atom is 0.412 e. The zero-order chi connectivity index (χ0) is 26.5. The number of nitrogens with zero attached hydrogens (tertiary/aromatic N) is 2. The predicted molar refractivity (Wildman–Crippen MR) is 135 cm³/mol. The molecule has 1 aromatic carbocycles. The van der Waals surface area contributed by atoms with E-state index in [1.807, 2.05) is 20.8 Å². The van der Waals surface area contributed by atoms with Crippen LogP contribution in [0, 0.1) is 5.41 Å². The molecule has 0 bridgehead atoms. The van der Waals surface area contributed by atoms with Gasteiger partial charge in [-0.2, -0.15) is 4.98 Å². The molecule has 1 aliphatic heterocycles.